The van der Waals surface area contributed by atoms with Crippen molar-refractivity contribution in [3.05, 3.63) is 27.2 Å². The Morgan fingerprint density at radius 2 is 2.05 bits per heavy atom. The molecule has 0 unspecified atom stereocenters. The number of nitrogens with one attached hydrogen (secondary N) is 1. The first kappa shape index (κ1) is 14.1. The molecular formula is C12H19AsN4O2. The Morgan fingerprint density at radius 3 is 2.68 bits per heavy atom. The van der Waals surface area contributed by atoms with Crippen molar-refractivity contribution < 1.29 is 0 Å². The van der Waals surface area contributed by atoms with Crippen molar-refractivity contribution in [1.29, 1.82) is 0 Å². The third kappa shape index (κ3) is 2.83. The zero-order chi connectivity index (χ0) is 14.0. The number of aromatic amines is 1. The van der Waals surface area contributed by atoms with Crippen LogP contribution in [0.2, 0.25) is 16.6 Å². The van der Waals surface area contributed by atoms with Crippen LogP contribution in [0.15, 0.2) is 15.9 Å². The summed E-state index contributed by atoms with van der Waals surface area (Å²) < 4.78 is 3.41. The van der Waals surface area contributed by atoms with Gasteiger partial charge < -0.3 is 0 Å². The van der Waals surface area contributed by atoms with E-state index in [0.29, 0.717) is 17.7 Å². The Kier molecular flexibility index (Phi) is 4.30. The van der Waals surface area contributed by atoms with E-state index in [0.717, 1.165) is 18.2 Å². The van der Waals surface area contributed by atoms with Crippen molar-refractivity contribution in [2.24, 2.45) is 0 Å². The minimum absolute atomic E-state index is 0.337. The second-order valence-electron chi connectivity index (χ2n) is 4.82. The summed E-state index contributed by atoms with van der Waals surface area (Å²) in [4.78, 5) is 30.4. The molecule has 104 valence electrons. The fourth-order valence-corrected chi connectivity index (χ4v) is 3.32. The predicted molar refractivity (Wildman–Crippen MR) is 77.2 cm³/mol. The number of hydrogen-bond acceptors (Lipinski definition) is 3. The average Bonchev–Trinajstić information content (AvgIpc) is 2.76. The van der Waals surface area contributed by atoms with Gasteiger partial charge in [0.15, 0.2) is 0 Å². The summed E-state index contributed by atoms with van der Waals surface area (Å²) in [6.45, 7) is 3.37. The molecule has 2 rings (SSSR count). The molecule has 7 heteroatoms. The monoisotopic (exact) mass is 326 g/mol. The number of hydrogen-bond donors (Lipinski definition) is 1. The number of aromatic nitrogens is 4. The van der Waals surface area contributed by atoms with Gasteiger partial charge >= 0.3 is 115 Å². The molecule has 0 aliphatic rings. The SMILES string of the molecule is CCCn1c(=O)[nH]c(=O)c2c1ncn2CC[As](C)C. The number of imidazole rings is 1. The van der Waals surface area contributed by atoms with Gasteiger partial charge in [0.05, 0.1) is 0 Å². The Hall–Kier alpha value is -1.29. The van der Waals surface area contributed by atoms with Crippen LogP contribution in [0.3, 0.4) is 0 Å². The molecule has 6 nitrogen and oxygen atoms in total. The van der Waals surface area contributed by atoms with Crippen molar-refractivity contribution in [1.82, 2.24) is 19.1 Å². The Balaban J connectivity index is 2.56. The van der Waals surface area contributed by atoms with Crippen molar-refractivity contribution in [2.45, 2.75) is 43.1 Å². The molecule has 2 aromatic heterocycles. The van der Waals surface area contributed by atoms with Crippen LogP contribution >= 0.6 is 0 Å². The summed E-state index contributed by atoms with van der Waals surface area (Å²) in [7, 11) is 0. The second-order valence-corrected chi connectivity index (χ2v) is 10.3. The fraction of sp³-hybridized carbons (Fsp3) is 0.583. The summed E-state index contributed by atoms with van der Waals surface area (Å²) in [5, 5.41) is 1.12. The third-order valence-electron chi connectivity index (χ3n) is 2.99. The van der Waals surface area contributed by atoms with E-state index < -0.39 is 14.7 Å². The first-order valence-electron chi connectivity index (χ1n) is 6.37. The summed E-state index contributed by atoms with van der Waals surface area (Å²) in [6.07, 6.45) is 2.50. The molecule has 0 radical (unpaired) electrons. The van der Waals surface area contributed by atoms with Crippen molar-refractivity contribution in [2.75, 3.05) is 0 Å². The molecule has 0 aliphatic carbocycles. The number of H-pyrrole nitrogens is 1. The van der Waals surface area contributed by atoms with E-state index in [1.807, 2.05) is 11.5 Å². The van der Waals surface area contributed by atoms with Gasteiger partial charge in [0, 0.05) is 0 Å². The summed E-state index contributed by atoms with van der Waals surface area (Å²) in [6, 6.07) is 0. The topological polar surface area (TPSA) is 72.7 Å². The minimum atomic E-state index is -0.738. The number of fused-ring (bicyclic) bond motifs is 1. The van der Waals surface area contributed by atoms with Gasteiger partial charge in [-0.25, -0.2) is 0 Å². The standard InChI is InChI=1S/C12H19AsN4O2/c1-4-6-17-10-9(11(18)15-12(17)19)16(8-14-10)7-5-13(2)3/h8H,4-7H2,1-3H3,(H,15,18,19). The summed E-state index contributed by atoms with van der Waals surface area (Å²) in [5.74, 6) is 0. The predicted octanol–water partition coefficient (Wildman–Crippen LogP) is 1.05. The molecule has 0 bridgehead atoms. The molecule has 0 spiro atoms. The molecule has 0 saturated heterocycles. The van der Waals surface area contributed by atoms with Crippen LogP contribution in [0.4, 0.5) is 0 Å². The van der Waals surface area contributed by atoms with Crippen LogP contribution in [0.5, 0.6) is 0 Å². The molecule has 0 aliphatic heterocycles. The number of nitrogens with zero attached hydrogens (tertiary/aromatic N) is 3. The first-order chi connectivity index (χ1) is 9.04. The summed E-state index contributed by atoms with van der Waals surface area (Å²) >= 11 is -0.738. The average molecular weight is 326 g/mol. The van der Waals surface area contributed by atoms with Gasteiger partial charge in [-0.15, -0.1) is 0 Å². The first-order valence-corrected chi connectivity index (χ1v) is 11.4. The van der Waals surface area contributed by atoms with E-state index in [1.165, 1.54) is 0 Å². The van der Waals surface area contributed by atoms with E-state index in [2.05, 4.69) is 21.4 Å². The number of rotatable bonds is 5. The quantitative estimate of drug-likeness (QED) is 0.835. The maximum absolute atomic E-state index is 12.0. The Bertz CT molecular complexity index is 683. The van der Waals surface area contributed by atoms with E-state index >= 15 is 0 Å². The van der Waals surface area contributed by atoms with E-state index in [1.54, 1.807) is 10.9 Å². The van der Waals surface area contributed by atoms with Gasteiger partial charge in [0.2, 0.25) is 0 Å². The van der Waals surface area contributed by atoms with Crippen LogP contribution in [-0.4, -0.2) is 33.8 Å². The van der Waals surface area contributed by atoms with Gasteiger partial charge in [-0.05, 0) is 0 Å². The third-order valence-corrected chi connectivity index (χ3v) is 5.29. The molecule has 19 heavy (non-hydrogen) atoms. The van der Waals surface area contributed by atoms with Gasteiger partial charge in [0.1, 0.15) is 0 Å². The van der Waals surface area contributed by atoms with E-state index in [4.69, 9.17) is 0 Å². The van der Waals surface area contributed by atoms with Gasteiger partial charge in [-0.2, -0.15) is 0 Å². The molecule has 0 fully saturated rings. The zero-order valence-electron chi connectivity index (χ0n) is 11.5. The molecule has 0 saturated carbocycles. The van der Waals surface area contributed by atoms with Crippen molar-refractivity contribution in [3.8, 4) is 0 Å². The van der Waals surface area contributed by atoms with Crippen molar-refractivity contribution >= 4 is 25.8 Å². The van der Waals surface area contributed by atoms with Crippen LogP contribution in [0.25, 0.3) is 11.2 Å². The van der Waals surface area contributed by atoms with Gasteiger partial charge in [-0.3, -0.25) is 0 Å². The molecular weight excluding hydrogens is 307 g/mol. The van der Waals surface area contributed by atoms with Gasteiger partial charge in [-0.1, -0.05) is 0 Å². The summed E-state index contributed by atoms with van der Waals surface area (Å²) in [5.41, 5.74) is 4.87. The Morgan fingerprint density at radius 1 is 1.32 bits per heavy atom. The number of aryl methyl sites for hydroxylation is 2. The molecule has 0 amide bonds. The normalized spacial score (nSPS) is 11.6. The molecule has 1 N–H and O–H groups in total. The second kappa shape index (κ2) is 5.78. The molecule has 0 atom stereocenters. The van der Waals surface area contributed by atoms with Gasteiger partial charge in [0.25, 0.3) is 0 Å². The molecule has 2 aromatic rings. The van der Waals surface area contributed by atoms with E-state index in [-0.39, 0.29) is 11.2 Å². The Labute approximate surface area is 115 Å². The fourth-order valence-electron chi connectivity index (χ4n) is 2.03. The van der Waals surface area contributed by atoms with E-state index in [9.17, 15) is 9.59 Å². The van der Waals surface area contributed by atoms with Crippen LogP contribution in [0, 0.1) is 0 Å². The molecule has 2 heterocycles. The molecule has 0 aromatic carbocycles. The van der Waals surface area contributed by atoms with Crippen molar-refractivity contribution in [3.63, 3.8) is 0 Å². The van der Waals surface area contributed by atoms with Crippen LogP contribution in [0.1, 0.15) is 13.3 Å². The maximum atomic E-state index is 12.0. The van der Waals surface area contributed by atoms with Crippen LogP contribution < -0.4 is 11.2 Å². The van der Waals surface area contributed by atoms with Crippen LogP contribution in [-0.2, 0) is 13.1 Å². The zero-order valence-corrected chi connectivity index (χ0v) is 13.4.